The van der Waals surface area contributed by atoms with Gasteiger partial charge in [0.25, 0.3) is 11.8 Å². The fraction of sp³-hybridized carbons (Fsp3) is 0.261. The number of rotatable bonds is 7. The Bertz CT molecular complexity index is 1240. The Balaban J connectivity index is 1.53. The fourth-order valence-corrected chi connectivity index (χ4v) is 4.33. The van der Waals surface area contributed by atoms with Crippen LogP contribution in [0.15, 0.2) is 48.7 Å². The van der Waals surface area contributed by atoms with Gasteiger partial charge in [-0.2, -0.15) is 0 Å². The maximum atomic E-state index is 12.4. The summed E-state index contributed by atoms with van der Waals surface area (Å²) in [7, 11) is 1.61. The predicted molar refractivity (Wildman–Crippen MR) is 123 cm³/mol. The van der Waals surface area contributed by atoms with Crippen LogP contribution in [0.3, 0.4) is 0 Å². The molecule has 0 atom stereocenters. The molecule has 160 valence electrons. The molecule has 0 saturated carbocycles. The lowest BCUT2D eigenvalue weighted by Gasteiger charge is -2.08. The fourth-order valence-electron chi connectivity index (χ4n) is 3.28. The minimum atomic E-state index is -0.115. The molecule has 2 aromatic heterocycles. The van der Waals surface area contributed by atoms with Crippen LogP contribution in [0.25, 0.3) is 26.4 Å². The molecule has 7 nitrogen and oxygen atoms in total. The molecular formula is C23H24N4O3S. The molecule has 31 heavy (non-hydrogen) atoms. The Morgan fingerprint density at radius 2 is 1.84 bits per heavy atom. The lowest BCUT2D eigenvalue weighted by atomic mass is 10.1. The Labute approximate surface area is 184 Å². The number of imidazole rings is 1. The van der Waals surface area contributed by atoms with Gasteiger partial charge in [0.2, 0.25) is 0 Å². The average molecular weight is 437 g/mol. The summed E-state index contributed by atoms with van der Waals surface area (Å²) >= 11 is 1.54. The maximum Gasteiger partial charge on any atom is 0.251 e. The molecule has 0 aliphatic rings. The van der Waals surface area contributed by atoms with Crippen LogP contribution in [-0.2, 0) is 4.74 Å². The minimum Gasteiger partial charge on any atom is -0.377 e. The van der Waals surface area contributed by atoms with Gasteiger partial charge in [-0.15, -0.1) is 0 Å². The summed E-state index contributed by atoms with van der Waals surface area (Å²) in [6, 6.07) is 13.0. The maximum absolute atomic E-state index is 12.4. The second kappa shape index (κ2) is 8.87. The number of ether oxygens (including phenoxy) is 1. The van der Waals surface area contributed by atoms with Gasteiger partial charge in [-0.05, 0) is 44.2 Å². The first kappa shape index (κ1) is 21.0. The second-order valence-electron chi connectivity index (χ2n) is 7.40. The summed E-state index contributed by atoms with van der Waals surface area (Å²) in [4.78, 5) is 29.7. The van der Waals surface area contributed by atoms with Crippen molar-refractivity contribution in [2.24, 2.45) is 0 Å². The van der Waals surface area contributed by atoms with Crippen molar-refractivity contribution in [3.05, 3.63) is 59.8 Å². The van der Waals surface area contributed by atoms with Gasteiger partial charge >= 0.3 is 0 Å². The molecule has 0 bridgehead atoms. The Kier molecular flexibility index (Phi) is 6.01. The largest absolute Gasteiger partial charge is 0.377 e. The van der Waals surface area contributed by atoms with Crippen molar-refractivity contribution in [2.75, 3.05) is 20.2 Å². The number of benzene rings is 2. The first-order valence-electron chi connectivity index (χ1n) is 10.1. The van der Waals surface area contributed by atoms with E-state index in [1.807, 2.05) is 54.8 Å². The summed E-state index contributed by atoms with van der Waals surface area (Å²) in [6.07, 6.45) is 2.13. The van der Waals surface area contributed by atoms with E-state index in [1.54, 1.807) is 19.2 Å². The number of aromatic nitrogens is 2. The van der Waals surface area contributed by atoms with Crippen LogP contribution in [0, 0.1) is 0 Å². The first-order chi connectivity index (χ1) is 15.0. The van der Waals surface area contributed by atoms with Crippen LogP contribution in [0.5, 0.6) is 0 Å². The van der Waals surface area contributed by atoms with E-state index in [4.69, 9.17) is 9.72 Å². The zero-order chi connectivity index (χ0) is 22.0. The zero-order valence-corrected chi connectivity index (χ0v) is 18.5. The normalized spacial score (nSPS) is 11.4. The molecule has 4 aromatic rings. The van der Waals surface area contributed by atoms with Crippen LogP contribution >= 0.6 is 11.3 Å². The van der Waals surface area contributed by atoms with E-state index in [0.29, 0.717) is 24.3 Å². The van der Waals surface area contributed by atoms with Crippen LogP contribution in [0.1, 0.15) is 34.6 Å². The van der Waals surface area contributed by atoms with Crippen LogP contribution in [0.4, 0.5) is 0 Å². The van der Waals surface area contributed by atoms with E-state index < -0.39 is 0 Å². The van der Waals surface area contributed by atoms with Gasteiger partial charge in [-0.25, -0.2) is 4.98 Å². The van der Waals surface area contributed by atoms with E-state index in [-0.39, 0.29) is 17.9 Å². The smallest absolute Gasteiger partial charge is 0.251 e. The predicted octanol–water partition coefficient (Wildman–Crippen LogP) is 3.73. The topological polar surface area (TPSA) is 84.7 Å². The SMILES string of the molecule is CNC(=O)c1ccc(-c2cn3c(n2)sc2cc(C(=O)NCCOC(C)C)ccc23)cc1. The Hall–Kier alpha value is -3.23. The Morgan fingerprint density at radius 3 is 2.55 bits per heavy atom. The number of thiazole rings is 1. The molecule has 0 aliphatic heterocycles. The molecule has 2 aromatic carbocycles. The number of amides is 2. The highest BCUT2D eigenvalue weighted by Gasteiger charge is 2.13. The monoisotopic (exact) mass is 436 g/mol. The third-order valence-corrected chi connectivity index (χ3v) is 5.88. The van der Waals surface area contributed by atoms with E-state index in [2.05, 4.69) is 10.6 Å². The van der Waals surface area contributed by atoms with Crippen LogP contribution in [-0.4, -0.2) is 47.5 Å². The average Bonchev–Trinajstić information content (AvgIpc) is 3.33. The summed E-state index contributed by atoms with van der Waals surface area (Å²) in [6.45, 7) is 4.90. The lowest BCUT2D eigenvalue weighted by Crippen LogP contribution is -2.27. The molecule has 0 spiro atoms. The van der Waals surface area contributed by atoms with Gasteiger partial charge in [0.1, 0.15) is 0 Å². The van der Waals surface area contributed by atoms with Gasteiger partial charge in [-0.3, -0.25) is 14.0 Å². The molecule has 2 N–H and O–H groups in total. The molecule has 8 heteroatoms. The lowest BCUT2D eigenvalue weighted by molar-refractivity contribution is 0.0746. The molecule has 0 radical (unpaired) electrons. The molecule has 0 saturated heterocycles. The molecule has 0 aliphatic carbocycles. The van der Waals surface area contributed by atoms with E-state index in [1.165, 1.54) is 11.3 Å². The molecule has 2 amide bonds. The van der Waals surface area contributed by atoms with Crippen molar-refractivity contribution in [2.45, 2.75) is 20.0 Å². The quantitative estimate of drug-likeness (QED) is 0.432. The highest BCUT2D eigenvalue weighted by Crippen LogP contribution is 2.30. The Morgan fingerprint density at radius 1 is 1.10 bits per heavy atom. The van der Waals surface area contributed by atoms with Crippen LogP contribution in [0.2, 0.25) is 0 Å². The van der Waals surface area contributed by atoms with Gasteiger partial charge in [0.05, 0.1) is 28.6 Å². The van der Waals surface area contributed by atoms with Crippen molar-refractivity contribution < 1.29 is 14.3 Å². The number of hydrogen-bond acceptors (Lipinski definition) is 5. The summed E-state index contributed by atoms with van der Waals surface area (Å²) in [5, 5.41) is 5.50. The van der Waals surface area contributed by atoms with E-state index in [0.717, 1.165) is 26.4 Å². The molecular weight excluding hydrogens is 412 g/mol. The standard InChI is InChI=1S/C23H24N4O3S/c1-14(2)30-11-10-25-22(29)17-8-9-19-20(12-17)31-23-26-18(13-27(19)23)15-4-6-16(7-5-15)21(28)24-3/h4-9,12-14H,10-11H2,1-3H3,(H,24,28)(H,25,29). The van der Waals surface area contributed by atoms with Crippen molar-refractivity contribution >= 4 is 38.3 Å². The number of nitrogens with zero attached hydrogens (tertiary/aromatic N) is 2. The number of carbonyl (C=O) groups excluding carboxylic acids is 2. The number of carbonyl (C=O) groups is 2. The van der Waals surface area contributed by atoms with Gasteiger partial charge in [0, 0.05) is 36.5 Å². The van der Waals surface area contributed by atoms with Crippen molar-refractivity contribution in [3.8, 4) is 11.3 Å². The van der Waals surface area contributed by atoms with Gasteiger partial charge in [-0.1, -0.05) is 23.5 Å². The number of nitrogens with one attached hydrogen (secondary N) is 2. The van der Waals surface area contributed by atoms with Crippen molar-refractivity contribution in [1.29, 1.82) is 0 Å². The second-order valence-corrected chi connectivity index (χ2v) is 8.40. The third-order valence-electron chi connectivity index (χ3n) is 4.87. The van der Waals surface area contributed by atoms with Crippen LogP contribution < -0.4 is 10.6 Å². The van der Waals surface area contributed by atoms with E-state index >= 15 is 0 Å². The molecule has 2 heterocycles. The van der Waals surface area contributed by atoms with Gasteiger partial charge < -0.3 is 15.4 Å². The summed E-state index contributed by atoms with van der Waals surface area (Å²) in [5.74, 6) is -0.229. The van der Waals surface area contributed by atoms with E-state index in [9.17, 15) is 9.59 Å². The molecule has 0 fully saturated rings. The summed E-state index contributed by atoms with van der Waals surface area (Å²) in [5.41, 5.74) is 4.01. The molecule has 4 rings (SSSR count). The minimum absolute atomic E-state index is 0.114. The van der Waals surface area contributed by atoms with Gasteiger partial charge in [0.15, 0.2) is 4.96 Å². The number of hydrogen-bond donors (Lipinski definition) is 2. The van der Waals surface area contributed by atoms with Crippen molar-refractivity contribution in [3.63, 3.8) is 0 Å². The third kappa shape index (κ3) is 4.45. The highest BCUT2D eigenvalue weighted by molar-refractivity contribution is 7.23. The highest BCUT2D eigenvalue weighted by atomic mass is 32.1. The zero-order valence-electron chi connectivity index (χ0n) is 17.6. The number of fused-ring (bicyclic) bond motifs is 3. The summed E-state index contributed by atoms with van der Waals surface area (Å²) < 4.78 is 8.48. The first-order valence-corrected chi connectivity index (χ1v) is 10.9. The van der Waals surface area contributed by atoms with Crippen molar-refractivity contribution in [1.82, 2.24) is 20.0 Å². The molecule has 0 unspecified atom stereocenters.